The topological polar surface area (TPSA) is 26.3 Å². The summed E-state index contributed by atoms with van der Waals surface area (Å²) in [7, 11) is 0. The van der Waals surface area contributed by atoms with Crippen LogP contribution < -0.4 is 0 Å². The second kappa shape index (κ2) is 4.94. The van der Waals surface area contributed by atoms with E-state index in [1.54, 1.807) is 6.92 Å². The number of rotatable bonds is 4. The van der Waals surface area contributed by atoms with Gasteiger partial charge in [0.15, 0.2) is 0 Å². The van der Waals surface area contributed by atoms with Gasteiger partial charge in [-0.1, -0.05) is 19.9 Å². The standard InChI is InChI=1S/C9H16O2/c1-5-6-8(4)11-9(10)7(2)3/h8H,2,5-6H2,1,3-4H3. The first-order valence-corrected chi connectivity index (χ1v) is 3.94. The van der Waals surface area contributed by atoms with E-state index < -0.39 is 0 Å². The Kier molecular flexibility index (Phi) is 4.59. The summed E-state index contributed by atoms with van der Waals surface area (Å²) in [4.78, 5) is 10.9. The van der Waals surface area contributed by atoms with E-state index in [0.717, 1.165) is 12.8 Å². The Morgan fingerprint density at radius 1 is 1.64 bits per heavy atom. The fourth-order valence-electron chi connectivity index (χ4n) is 0.749. The lowest BCUT2D eigenvalue weighted by Gasteiger charge is -2.11. The van der Waals surface area contributed by atoms with E-state index in [0.29, 0.717) is 5.57 Å². The third kappa shape index (κ3) is 4.59. The molecule has 0 aromatic rings. The average molecular weight is 156 g/mol. The van der Waals surface area contributed by atoms with Crippen molar-refractivity contribution in [1.82, 2.24) is 0 Å². The largest absolute Gasteiger partial charge is 0.459 e. The van der Waals surface area contributed by atoms with Crippen LogP contribution >= 0.6 is 0 Å². The Labute approximate surface area is 68.2 Å². The smallest absolute Gasteiger partial charge is 0.333 e. The van der Waals surface area contributed by atoms with Crippen LogP contribution in [-0.2, 0) is 9.53 Å². The number of carbonyl (C=O) groups is 1. The first-order chi connectivity index (χ1) is 5.07. The van der Waals surface area contributed by atoms with Gasteiger partial charge in [0.05, 0.1) is 6.10 Å². The highest BCUT2D eigenvalue weighted by Crippen LogP contribution is 2.03. The highest BCUT2D eigenvalue weighted by atomic mass is 16.5. The summed E-state index contributed by atoms with van der Waals surface area (Å²) in [5, 5.41) is 0. The van der Waals surface area contributed by atoms with Crippen LogP contribution in [0.4, 0.5) is 0 Å². The van der Waals surface area contributed by atoms with Gasteiger partial charge in [-0.3, -0.25) is 0 Å². The molecule has 0 aliphatic heterocycles. The van der Waals surface area contributed by atoms with E-state index in [1.165, 1.54) is 0 Å². The molecule has 0 amide bonds. The zero-order valence-corrected chi connectivity index (χ0v) is 7.52. The molecular formula is C9H16O2. The van der Waals surface area contributed by atoms with Crippen molar-refractivity contribution in [2.75, 3.05) is 0 Å². The van der Waals surface area contributed by atoms with Crippen molar-refractivity contribution in [3.05, 3.63) is 12.2 Å². The maximum Gasteiger partial charge on any atom is 0.333 e. The van der Waals surface area contributed by atoms with Crippen LogP contribution in [0.5, 0.6) is 0 Å². The van der Waals surface area contributed by atoms with Crippen LogP contribution in [0.1, 0.15) is 33.6 Å². The van der Waals surface area contributed by atoms with Gasteiger partial charge in [-0.05, 0) is 20.3 Å². The molecule has 0 saturated carbocycles. The highest BCUT2D eigenvalue weighted by molar-refractivity contribution is 5.87. The number of carbonyl (C=O) groups excluding carboxylic acids is 1. The summed E-state index contributed by atoms with van der Waals surface area (Å²) >= 11 is 0. The molecule has 0 radical (unpaired) electrons. The first-order valence-electron chi connectivity index (χ1n) is 3.94. The fraction of sp³-hybridized carbons (Fsp3) is 0.667. The fourth-order valence-corrected chi connectivity index (χ4v) is 0.749. The summed E-state index contributed by atoms with van der Waals surface area (Å²) in [6.45, 7) is 9.10. The molecular weight excluding hydrogens is 140 g/mol. The monoisotopic (exact) mass is 156 g/mol. The first kappa shape index (κ1) is 10.2. The molecule has 0 N–H and O–H groups in total. The van der Waals surface area contributed by atoms with E-state index in [2.05, 4.69) is 13.5 Å². The molecule has 0 fully saturated rings. The Hall–Kier alpha value is -0.790. The Balaban J connectivity index is 3.66. The molecule has 0 aromatic heterocycles. The molecule has 11 heavy (non-hydrogen) atoms. The minimum Gasteiger partial charge on any atom is -0.459 e. The zero-order chi connectivity index (χ0) is 8.85. The SMILES string of the molecule is C=C(C)C(=O)OC(C)CCC. The summed E-state index contributed by atoms with van der Waals surface area (Å²) in [5.74, 6) is -0.286. The third-order valence-corrected chi connectivity index (χ3v) is 1.35. The van der Waals surface area contributed by atoms with Gasteiger partial charge in [0.1, 0.15) is 0 Å². The van der Waals surface area contributed by atoms with E-state index in [1.807, 2.05) is 6.92 Å². The van der Waals surface area contributed by atoms with Crippen LogP contribution in [0, 0.1) is 0 Å². The van der Waals surface area contributed by atoms with Crippen LogP contribution in [0.15, 0.2) is 12.2 Å². The summed E-state index contributed by atoms with van der Waals surface area (Å²) in [6, 6.07) is 0. The summed E-state index contributed by atoms with van der Waals surface area (Å²) in [5.41, 5.74) is 0.466. The van der Waals surface area contributed by atoms with Crippen molar-refractivity contribution < 1.29 is 9.53 Å². The molecule has 0 rings (SSSR count). The van der Waals surface area contributed by atoms with Crippen molar-refractivity contribution in [1.29, 1.82) is 0 Å². The molecule has 1 unspecified atom stereocenters. The average Bonchev–Trinajstić information content (AvgIpc) is 1.87. The zero-order valence-electron chi connectivity index (χ0n) is 7.52. The lowest BCUT2D eigenvalue weighted by Crippen LogP contribution is -2.14. The minimum atomic E-state index is -0.286. The van der Waals surface area contributed by atoms with E-state index >= 15 is 0 Å². The Morgan fingerprint density at radius 2 is 2.18 bits per heavy atom. The molecule has 0 aromatic carbocycles. The quantitative estimate of drug-likeness (QED) is 0.461. The number of ether oxygens (including phenoxy) is 1. The van der Waals surface area contributed by atoms with Gasteiger partial charge in [0, 0.05) is 5.57 Å². The molecule has 0 bridgehead atoms. The van der Waals surface area contributed by atoms with Gasteiger partial charge in [-0.2, -0.15) is 0 Å². The van der Waals surface area contributed by atoms with Crippen molar-refractivity contribution in [2.24, 2.45) is 0 Å². The molecule has 0 saturated heterocycles. The maximum absolute atomic E-state index is 10.9. The normalized spacial score (nSPS) is 12.3. The number of hydrogen-bond donors (Lipinski definition) is 0. The van der Waals surface area contributed by atoms with Gasteiger partial charge < -0.3 is 4.74 Å². The van der Waals surface area contributed by atoms with Crippen LogP contribution in [0.2, 0.25) is 0 Å². The van der Waals surface area contributed by atoms with Gasteiger partial charge in [0.25, 0.3) is 0 Å². The Bertz CT molecular complexity index is 150. The molecule has 0 aliphatic carbocycles. The highest BCUT2D eigenvalue weighted by Gasteiger charge is 2.07. The molecule has 0 spiro atoms. The molecule has 2 nitrogen and oxygen atoms in total. The number of hydrogen-bond acceptors (Lipinski definition) is 2. The van der Waals surface area contributed by atoms with Crippen molar-refractivity contribution >= 4 is 5.97 Å². The van der Waals surface area contributed by atoms with Crippen molar-refractivity contribution in [3.8, 4) is 0 Å². The van der Waals surface area contributed by atoms with Gasteiger partial charge in [-0.15, -0.1) is 0 Å². The second-order valence-corrected chi connectivity index (χ2v) is 2.78. The predicted molar refractivity (Wildman–Crippen MR) is 45.3 cm³/mol. The molecule has 1 atom stereocenters. The third-order valence-electron chi connectivity index (χ3n) is 1.35. The summed E-state index contributed by atoms with van der Waals surface area (Å²) < 4.78 is 5.01. The lowest BCUT2D eigenvalue weighted by atomic mass is 10.2. The lowest BCUT2D eigenvalue weighted by molar-refractivity contribution is -0.143. The van der Waals surface area contributed by atoms with E-state index in [4.69, 9.17) is 4.74 Å². The summed E-state index contributed by atoms with van der Waals surface area (Å²) in [6.07, 6.45) is 1.97. The minimum absolute atomic E-state index is 0.0178. The van der Waals surface area contributed by atoms with Gasteiger partial charge in [0.2, 0.25) is 0 Å². The Morgan fingerprint density at radius 3 is 2.55 bits per heavy atom. The molecule has 2 heteroatoms. The predicted octanol–water partition coefficient (Wildman–Crippen LogP) is 2.29. The van der Waals surface area contributed by atoms with Crippen LogP contribution in [-0.4, -0.2) is 12.1 Å². The van der Waals surface area contributed by atoms with Crippen LogP contribution in [0.3, 0.4) is 0 Å². The van der Waals surface area contributed by atoms with E-state index in [9.17, 15) is 4.79 Å². The van der Waals surface area contributed by atoms with E-state index in [-0.39, 0.29) is 12.1 Å². The molecule has 0 heterocycles. The molecule has 0 aliphatic rings. The second-order valence-electron chi connectivity index (χ2n) is 2.78. The van der Waals surface area contributed by atoms with Gasteiger partial charge in [-0.25, -0.2) is 4.79 Å². The number of esters is 1. The van der Waals surface area contributed by atoms with Gasteiger partial charge >= 0.3 is 5.97 Å². The molecule has 64 valence electrons. The van der Waals surface area contributed by atoms with Crippen molar-refractivity contribution in [2.45, 2.75) is 39.7 Å². The maximum atomic E-state index is 10.9. The van der Waals surface area contributed by atoms with Crippen molar-refractivity contribution in [3.63, 3.8) is 0 Å². The van der Waals surface area contributed by atoms with Crippen LogP contribution in [0.25, 0.3) is 0 Å².